The minimum Gasteiger partial charge on any atom is -0.445 e. The predicted octanol–water partition coefficient (Wildman–Crippen LogP) is 6.58. The second-order valence-corrected chi connectivity index (χ2v) is 9.02. The first-order valence-corrected chi connectivity index (χ1v) is 11.9. The van der Waals surface area contributed by atoms with Crippen LogP contribution in [0.2, 0.25) is 10.0 Å². The van der Waals surface area contributed by atoms with Crippen LogP contribution in [0.4, 0.5) is 5.69 Å². The Labute approximate surface area is 222 Å². The molecule has 5 rings (SSSR count). The highest BCUT2D eigenvalue weighted by Crippen LogP contribution is 2.36. The number of carbonyl (C=O) groups is 4. The Bertz CT molecular complexity index is 1510. The quantitative estimate of drug-likeness (QED) is 0.160. The molecule has 1 aliphatic rings. The highest BCUT2D eigenvalue weighted by Gasteiger charge is 2.39. The van der Waals surface area contributed by atoms with E-state index in [1.54, 1.807) is 72.8 Å². The van der Waals surface area contributed by atoms with Crippen LogP contribution < -0.4 is 4.90 Å². The molecule has 1 aliphatic heterocycles. The first-order chi connectivity index (χ1) is 17.9. The summed E-state index contributed by atoms with van der Waals surface area (Å²) in [5.74, 6) is -2.60. The highest BCUT2D eigenvalue weighted by molar-refractivity contribution is 6.44. The van der Waals surface area contributed by atoms with E-state index in [1.165, 1.54) is 24.3 Å². The molecule has 0 fully saturated rings. The summed E-state index contributed by atoms with van der Waals surface area (Å²) in [5, 5.41) is 0.252. The third-order valence-electron chi connectivity index (χ3n) is 5.92. The molecule has 0 aromatic heterocycles. The molecule has 0 spiro atoms. The van der Waals surface area contributed by atoms with Crippen LogP contribution in [0.5, 0.6) is 0 Å². The summed E-state index contributed by atoms with van der Waals surface area (Å²) >= 11 is 12.1. The number of hydrogen-bond donors (Lipinski definition) is 0. The molecule has 37 heavy (non-hydrogen) atoms. The van der Waals surface area contributed by atoms with Gasteiger partial charge in [0.2, 0.25) is 5.78 Å². The fourth-order valence-corrected chi connectivity index (χ4v) is 4.45. The number of benzene rings is 4. The van der Waals surface area contributed by atoms with E-state index in [4.69, 9.17) is 27.9 Å². The monoisotopic (exact) mass is 529 g/mol. The lowest BCUT2D eigenvalue weighted by atomic mass is 9.99. The van der Waals surface area contributed by atoms with Gasteiger partial charge in [0.15, 0.2) is 6.10 Å². The lowest BCUT2D eigenvalue weighted by Gasteiger charge is -2.21. The van der Waals surface area contributed by atoms with Crippen molar-refractivity contribution in [2.45, 2.75) is 6.10 Å². The number of ether oxygens (including phenoxy) is 1. The van der Waals surface area contributed by atoms with Gasteiger partial charge in [-0.1, -0.05) is 96.0 Å². The predicted molar refractivity (Wildman–Crippen MR) is 139 cm³/mol. The van der Waals surface area contributed by atoms with Crippen molar-refractivity contribution in [3.63, 3.8) is 0 Å². The van der Waals surface area contributed by atoms with E-state index in [-0.39, 0.29) is 32.4 Å². The SMILES string of the molecule is O=C(O[C@@H](C(=O)c1ccccc1)c1ccccc1)c1ccccc1N1C(=O)c2cc(Cl)c(Cl)cc2C1=O. The fourth-order valence-electron chi connectivity index (χ4n) is 4.12. The lowest BCUT2D eigenvalue weighted by Crippen LogP contribution is -2.31. The molecule has 4 aromatic rings. The van der Waals surface area contributed by atoms with Gasteiger partial charge in [0.05, 0.1) is 32.4 Å². The first-order valence-electron chi connectivity index (χ1n) is 11.2. The van der Waals surface area contributed by atoms with Crippen LogP contribution in [0.15, 0.2) is 97.1 Å². The Hall–Kier alpha value is -4.26. The number of nitrogens with zero attached hydrogens (tertiary/aromatic N) is 1. The molecule has 0 saturated heterocycles. The minimum absolute atomic E-state index is 0.0184. The Morgan fingerprint density at radius 2 is 1.22 bits per heavy atom. The van der Waals surface area contributed by atoms with Crippen molar-refractivity contribution >= 4 is 52.5 Å². The van der Waals surface area contributed by atoms with Crippen molar-refractivity contribution < 1.29 is 23.9 Å². The Morgan fingerprint density at radius 3 is 1.81 bits per heavy atom. The van der Waals surface area contributed by atoms with Crippen LogP contribution in [0.25, 0.3) is 0 Å². The summed E-state index contributed by atoms with van der Waals surface area (Å²) in [7, 11) is 0. The summed E-state index contributed by atoms with van der Waals surface area (Å²) in [4.78, 5) is 54.1. The second kappa shape index (κ2) is 10.0. The average molecular weight is 530 g/mol. The number of fused-ring (bicyclic) bond motifs is 1. The van der Waals surface area contributed by atoms with Gasteiger partial charge in [0.25, 0.3) is 11.8 Å². The summed E-state index contributed by atoms with van der Waals surface area (Å²) in [6, 6.07) is 25.8. The summed E-state index contributed by atoms with van der Waals surface area (Å²) in [6.07, 6.45) is -1.25. The topological polar surface area (TPSA) is 80.8 Å². The molecular formula is C29H17Cl2NO5. The van der Waals surface area contributed by atoms with E-state index in [9.17, 15) is 19.2 Å². The molecular weight excluding hydrogens is 513 g/mol. The third kappa shape index (κ3) is 4.53. The van der Waals surface area contributed by atoms with Crippen LogP contribution in [-0.4, -0.2) is 23.6 Å². The molecule has 0 saturated carbocycles. The summed E-state index contributed by atoms with van der Waals surface area (Å²) in [6.45, 7) is 0. The van der Waals surface area contributed by atoms with Crippen LogP contribution in [0.3, 0.4) is 0 Å². The largest absolute Gasteiger partial charge is 0.445 e. The van der Waals surface area contributed by atoms with Gasteiger partial charge >= 0.3 is 5.97 Å². The van der Waals surface area contributed by atoms with Gasteiger partial charge < -0.3 is 4.74 Å². The first kappa shape index (κ1) is 24.4. The zero-order valence-electron chi connectivity index (χ0n) is 19.1. The number of amides is 2. The van der Waals surface area contributed by atoms with E-state index in [2.05, 4.69) is 0 Å². The molecule has 1 atom stereocenters. The summed E-state index contributed by atoms with van der Waals surface area (Å²) < 4.78 is 5.74. The van der Waals surface area contributed by atoms with Gasteiger partial charge in [-0.3, -0.25) is 14.4 Å². The molecule has 2 amide bonds. The molecule has 4 aromatic carbocycles. The van der Waals surface area contributed by atoms with Gasteiger partial charge in [-0.15, -0.1) is 0 Å². The molecule has 6 nitrogen and oxygen atoms in total. The number of rotatable bonds is 6. The van der Waals surface area contributed by atoms with Crippen molar-refractivity contribution in [3.8, 4) is 0 Å². The molecule has 0 unspecified atom stereocenters. The van der Waals surface area contributed by atoms with Gasteiger partial charge in [-0.25, -0.2) is 9.69 Å². The van der Waals surface area contributed by atoms with Crippen molar-refractivity contribution in [3.05, 3.63) is 135 Å². The summed E-state index contributed by atoms with van der Waals surface area (Å²) in [5.41, 5.74) is 0.952. The highest BCUT2D eigenvalue weighted by atomic mass is 35.5. The third-order valence-corrected chi connectivity index (χ3v) is 6.64. The lowest BCUT2D eigenvalue weighted by molar-refractivity contribution is 0.0281. The maximum absolute atomic E-state index is 13.5. The van der Waals surface area contributed by atoms with E-state index < -0.39 is 29.7 Å². The maximum Gasteiger partial charge on any atom is 0.341 e. The Morgan fingerprint density at radius 1 is 0.703 bits per heavy atom. The minimum atomic E-state index is -1.25. The number of anilines is 1. The Balaban J connectivity index is 1.51. The van der Waals surface area contributed by atoms with Gasteiger partial charge in [-0.05, 0) is 24.3 Å². The number of halogens is 2. The van der Waals surface area contributed by atoms with E-state index in [0.717, 1.165) is 4.90 Å². The molecule has 8 heteroatoms. The average Bonchev–Trinajstić information content (AvgIpc) is 3.16. The smallest absolute Gasteiger partial charge is 0.341 e. The number of Topliss-reactive ketones (excluding diaryl/α,β-unsaturated/α-hetero) is 1. The van der Waals surface area contributed by atoms with Crippen LogP contribution in [0.1, 0.15) is 53.1 Å². The number of carbonyl (C=O) groups excluding carboxylic acids is 4. The zero-order chi connectivity index (χ0) is 26.1. The molecule has 1 heterocycles. The molecule has 0 N–H and O–H groups in total. The fraction of sp³-hybridized carbons (Fsp3) is 0.0345. The van der Waals surface area contributed by atoms with E-state index in [1.807, 2.05) is 0 Å². The number of hydrogen-bond acceptors (Lipinski definition) is 5. The second-order valence-electron chi connectivity index (χ2n) is 8.20. The van der Waals surface area contributed by atoms with Gasteiger partial charge in [0.1, 0.15) is 0 Å². The van der Waals surface area contributed by atoms with Crippen molar-refractivity contribution in [2.24, 2.45) is 0 Å². The number of ketones is 1. The number of esters is 1. The molecule has 182 valence electrons. The molecule has 0 radical (unpaired) electrons. The number of imide groups is 1. The standard InChI is InChI=1S/C29H17Cl2NO5/c30-22-15-20-21(16-23(22)31)28(35)32(27(20)34)24-14-8-7-13-19(24)29(36)37-26(18-11-5-2-6-12-18)25(33)17-9-3-1-4-10-17/h1-16,26H/t26-/m1/s1. The van der Waals surface area contributed by atoms with Crippen LogP contribution in [-0.2, 0) is 4.74 Å². The number of para-hydroxylation sites is 1. The molecule has 0 aliphatic carbocycles. The van der Waals surface area contributed by atoms with Gasteiger partial charge in [-0.2, -0.15) is 0 Å². The molecule has 0 bridgehead atoms. The van der Waals surface area contributed by atoms with Gasteiger partial charge in [0, 0.05) is 11.1 Å². The zero-order valence-corrected chi connectivity index (χ0v) is 20.6. The van der Waals surface area contributed by atoms with Crippen molar-refractivity contribution in [1.82, 2.24) is 0 Å². The van der Waals surface area contributed by atoms with Crippen LogP contribution in [0, 0.1) is 0 Å². The van der Waals surface area contributed by atoms with Crippen LogP contribution >= 0.6 is 23.2 Å². The van der Waals surface area contributed by atoms with Crippen molar-refractivity contribution in [2.75, 3.05) is 4.90 Å². The normalized spacial score (nSPS) is 13.3. The van der Waals surface area contributed by atoms with E-state index in [0.29, 0.717) is 11.1 Å². The van der Waals surface area contributed by atoms with Crippen molar-refractivity contribution in [1.29, 1.82) is 0 Å². The Kier molecular flexibility index (Phi) is 6.61. The van der Waals surface area contributed by atoms with E-state index >= 15 is 0 Å². The maximum atomic E-state index is 13.5.